The smallest absolute Gasteiger partial charge is 0.134 e. The van der Waals surface area contributed by atoms with E-state index in [-0.39, 0.29) is 5.82 Å². The molecule has 2 aromatic rings. The standard InChI is InChI=1S/C15H19FN4/c1-3-8-17-14-11(2)15(20-10-19-14)18-9-12-4-6-13(16)7-5-12/h4-7,10H,3,8-9H2,1-2H3,(H2,17,18,19,20). The first-order valence-corrected chi connectivity index (χ1v) is 6.74. The molecule has 4 nitrogen and oxygen atoms in total. The highest BCUT2D eigenvalue weighted by molar-refractivity contribution is 5.56. The third kappa shape index (κ3) is 3.66. The second-order valence-corrected chi connectivity index (χ2v) is 4.60. The lowest BCUT2D eigenvalue weighted by molar-refractivity contribution is 0.627. The molecule has 1 heterocycles. The minimum absolute atomic E-state index is 0.224. The molecule has 106 valence electrons. The Morgan fingerprint density at radius 2 is 1.70 bits per heavy atom. The molecule has 2 N–H and O–H groups in total. The maximum atomic E-state index is 12.8. The van der Waals surface area contributed by atoms with E-state index in [2.05, 4.69) is 27.5 Å². The monoisotopic (exact) mass is 274 g/mol. The van der Waals surface area contributed by atoms with Crippen molar-refractivity contribution < 1.29 is 4.39 Å². The van der Waals surface area contributed by atoms with Crippen molar-refractivity contribution >= 4 is 11.6 Å². The van der Waals surface area contributed by atoms with Gasteiger partial charge < -0.3 is 10.6 Å². The molecule has 0 bridgehead atoms. The average Bonchev–Trinajstić information content (AvgIpc) is 2.47. The van der Waals surface area contributed by atoms with E-state index in [4.69, 9.17) is 0 Å². The van der Waals surface area contributed by atoms with Crippen LogP contribution in [-0.4, -0.2) is 16.5 Å². The first-order chi connectivity index (χ1) is 9.70. The van der Waals surface area contributed by atoms with Gasteiger partial charge in [0.25, 0.3) is 0 Å². The second kappa shape index (κ2) is 6.84. The third-order valence-electron chi connectivity index (χ3n) is 3.00. The molecule has 0 saturated heterocycles. The summed E-state index contributed by atoms with van der Waals surface area (Å²) in [6, 6.07) is 6.43. The van der Waals surface area contributed by atoms with E-state index in [9.17, 15) is 4.39 Å². The fourth-order valence-electron chi connectivity index (χ4n) is 1.84. The zero-order chi connectivity index (χ0) is 14.4. The van der Waals surface area contributed by atoms with Gasteiger partial charge in [0.05, 0.1) is 0 Å². The molecule has 0 aliphatic rings. The minimum Gasteiger partial charge on any atom is -0.370 e. The Kier molecular flexibility index (Phi) is 4.87. The first kappa shape index (κ1) is 14.2. The van der Waals surface area contributed by atoms with Crippen LogP contribution >= 0.6 is 0 Å². The maximum Gasteiger partial charge on any atom is 0.134 e. The van der Waals surface area contributed by atoms with Crippen LogP contribution < -0.4 is 10.6 Å². The molecule has 0 amide bonds. The number of aromatic nitrogens is 2. The maximum absolute atomic E-state index is 12.8. The van der Waals surface area contributed by atoms with Gasteiger partial charge in [-0.05, 0) is 31.0 Å². The Morgan fingerprint density at radius 1 is 1.05 bits per heavy atom. The van der Waals surface area contributed by atoms with Crippen molar-refractivity contribution in [1.82, 2.24) is 9.97 Å². The van der Waals surface area contributed by atoms with Crippen LogP contribution in [0.25, 0.3) is 0 Å². The first-order valence-electron chi connectivity index (χ1n) is 6.74. The van der Waals surface area contributed by atoms with Crippen molar-refractivity contribution in [3.05, 3.63) is 47.5 Å². The quantitative estimate of drug-likeness (QED) is 0.848. The number of rotatable bonds is 6. The van der Waals surface area contributed by atoms with Gasteiger partial charge in [-0.2, -0.15) is 0 Å². The molecule has 1 aromatic carbocycles. The zero-order valence-corrected chi connectivity index (χ0v) is 11.8. The molecule has 5 heteroatoms. The van der Waals surface area contributed by atoms with Gasteiger partial charge in [0.2, 0.25) is 0 Å². The Hall–Kier alpha value is -2.17. The number of nitrogens with one attached hydrogen (secondary N) is 2. The molecule has 0 atom stereocenters. The summed E-state index contributed by atoms with van der Waals surface area (Å²) in [4.78, 5) is 8.47. The summed E-state index contributed by atoms with van der Waals surface area (Å²) in [6.45, 7) is 5.57. The lowest BCUT2D eigenvalue weighted by atomic mass is 10.2. The van der Waals surface area contributed by atoms with Crippen LogP contribution in [0.2, 0.25) is 0 Å². The molecule has 0 saturated carbocycles. The summed E-state index contributed by atoms with van der Waals surface area (Å²) >= 11 is 0. The highest BCUT2D eigenvalue weighted by Gasteiger charge is 2.06. The summed E-state index contributed by atoms with van der Waals surface area (Å²) in [5.74, 6) is 1.42. The van der Waals surface area contributed by atoms with E-state index in [0.29, 0.717) is 6.54 Å². The van der Waals surface area contributed by atoms with E-state index >= 15 is 0 Å². The lowest BCUT2D eigenvalue weighted by Crippen LogP contribution is -2.08. The van der Waals surface area contributed by atoms with Crippen LogP contribution in [0.1, 0.15) is 24.5 Å². The average molecular weight is 274 g/mol. The van der Waals surface area contributed by atoms with Gasteiger partial charge in [0.15, 0.2) is 0 Å². The number of halogens is 1. The Bertz CT molecular complexity index is 554. The highest BCUT2D eigenvalue weighted by Crippen LogP contribution is 2.18. The largest absolute Gasteiger partial charge is 0.370 e. The Labute approximate surface area is 118 Å². The van der Waals surface area contributed by atoms with Crippen molar-refractivity contribution in [3.8, 4) is 0 Å². The highest BCUT2D eigenvalue weighted by atomic mass is 19.1. The van der Waals surface area contributed by atoms with E-state index in [1.165, 1.54) is 18.5 Å². The SMILES string of the molecule is CCCNc1ncnc(NCc2ccc(F)cc2)c1C. The summed E-state index contributed by atoms with van der Waals surface area (Å²) in [5.41, 5.74) is 2.00. The molecule has 0 radical (unpaired) electrons. The molecule has 0 aliphatic heterocycles. The normalized spacial score (nSPS) is 10.3. The topological polar surface area (TPSA) is 49.8 Å². The van der Waals surface area contributed by atoms with Crippen LogP contribution in [0, 0.1) is 12.7 Å². The predicted octanol–water partition coefficient (Wildman–Crippen LogP) is 3.36. The van der Waals surface area contributed by atoms with E-state index in [1.54, 1.807) is 12.1 Å². The molecule has 0 unspecified atom stereocenters. The second-order valence-electron chi connectivity index (χ2n) is 4.60. The van der Waals surface area contributed by atoms with Crippen molar-refractivity contribution in [2.24, 2.45) is 0 Å². The fraction of sp³-hybridized carbons (Fsp3) is 0.333. The third-order valence-corrected chi connectivity index (χ3v) is 3.00. The lowest BCUT2D eigenvalue weighted by Gasteiger charge is -2.12. The number of hydrogen-bond acceptors (Lipinski definition) is 4. The van der Waals surface area contributed by atoms with Crippen LogP contribution in [0.15, 0.2) is 30.6 Å². The van der Waals surface area contributed by atoms with Gasteiger partial charge in [-0.25, -0.2) is 14.4 Å². The molecule has 20 heavy (non-hydrogen) atoms. The van der Waals surface area contributed by atoms with Crippen LogP contribution in [0.4, 0.5) is 16.0 Å². The van der Waals surface area contributed by atoms with Gasteiger partial charge in [-0.1, -0.05) is 19.1 Å². The van der Waals surface area contributed by atoms with E-state index < -0.39 is 0 Å². The number of hydrogen-bond donors (Lipinski definition) is 2. The predicted molar refractivity (Wildman–Crippen MR) is 79.3 cm³/mol. The van der Waals surface area contributed by atoms with Crippen molar-refractivity contribution in [3.63, 3.8) is 0 Å². The summed E-state index contributed by atoms with van der Waals surface area (Å²) in [6.07, 6.45) is 2.58. The zero-order valence-electron chi connectivity index (χ0n) is 11.8. The van der Waals surface area contributed by atoms with Crippen molar-refractivity contribution in [2.75, 3.05) is 17.2 Å². The Balaban J connectivity index is 2.03. The van der Waals surface area contributed by atoms with Crippen molar-refractivity contribution in [1.29, 1.82) is 0 Å². The Morgan fingerprint density at radius 3 is 2.35 bits per heavy atom. The number of anilines is 2. The number of benzene rings is 1. The molecular formula is C15H19FN4. The van der Waals surface area contributed by atoms with Crippen LogP contribution in [0.5, 0.6) is 0 Å². The number of nitrogens with zero attached hydrogens (tertiary/aromatic N) is 2. The van der Waals surface area contributed by atoms with Gasteiger partial charge in [0.1, 0.15) is 23.8 Å². The molecule has 0 aliphatic carbocycles. The van der Waals surface area contributed by atoms with Gasteiger partial charge in [-0.3, -0.25) is 0 Å². The molecule has 1 aromatic heterocycles. The van der Waals surface area contributed by atoms with E-state index in [0.717, 1.165) is 35.7 Å². The van der Waals surface area contributed by atoms with Gasteiger partial charge in [0, 0.05) is 18.7 Å². The molecule has 2 rings (SSSR count). The molecule has 0 fully saturated rings. The molecule has 0 spiro atoms. The molecular weight excluding hydrogens is 255 g/mol. The minimum atomic E-state index is -0.224. The van der Waals surface area contributed by atoms with Gasteiger partial charge >= 0.3 is 0 Å². The summed E-state index contributed by atoms with van der Waals surface area (Å²) < 4.78 is 12.8. The summed E-state index contributed by atoms with van der Waals surface area (Å²) in [7, 11) is 0. The summed E-state index contributed by atoms with van der Waals surface area (Å²) in [5, 5.41) is 6.52. The van der Waals surface area contributed by atoms with Crippen molar-refractivity contribution in [2.45, 2.75) is 26.8 Å². The van der Waals surface area contributed by atoms with E-state index in [1.807, 2.05) is 6.92 Å². The van der Waals surface area contributed by atoms with Crippen LogP contribution in [-0.2, 0) is 6.54 Å². The van der Waals surface area contributed by atoms with Gasteiger partial charge in [-0.15, -0.1) is 0 Å². The van der Waals surface area contributed by atoms with Crippen LogP contribution in [0.3, 0.4) is 0 Å². The fourth-order valence-corrected chi connectivity index (χ4v) is 1.84.